The molecule has 20 heavy (non-hydrogen) atoms. The van der Waals surface area contributed by atoms with Gasteiger partial charge in [0.15, 0.2) is 11.3 Å². The van der Waals surface area contributed by atoms with Crippen LogP contribution in [0, 0.1) is 12.7 Å². The molecule has 0 spiro atoms. The lowest BCUT2D eigenvalue weighted by Gasteiger charge is -2.03. The van der Waals surface area contributed by atoms with E-state index in [4.69, 9.17) is 4.42 Å². The molecule has 1 N–H and O–H groups in total. The van der Waals surface area contributed by atoms with Crippen molar-refractivity contribution in [1.29, 1.82) is 0 Å². The average Bonchev–Trinajstić information content (AvgIpc) is 2.84. The van der Waals surface area contributed by atoms with Gasteiger partial charge in [-0.2, -0.15) is 0 Å². The number of nitrogens with one attached hydrogen (secondary N) is 1. The third kappa shape index (κ3) is 2.25. The first-order valence-electron chi connectivity index (χ1n) is 6.06. The molecule has 5 heteroatoms. The number of amides is 1. The zero-order chi connectivity index (χ0) is 14.1. The molecule has 3 rings (SSSR count). The van der Waals surface area contributed by atoms with Crippen molar-refractivity contribution < 1.29 is 13.6 Å². The summed E-state index contributed by atoms with van der Waals surface area (Å²) >= 11 is 0. The summed E-state index contributed by atoms with van der Waals surface area (Å²) < 4.78 is 18.9. The predicted octanol–water partition coefficient (Wildman–Crippen LogP) is 3.53. The second kappa shape index (κ2) is 4.77. The Morgan fingerprint density at radius 3 is 2.85 bits per heavy atom. The minimum atomic E-state index is -0.509. The van der Waals surface area contributed by atoms with Gasteiger partial charge in [-0.25, -0.2) is 9.37 Å². The van der Waals surface area contributed by atoms with Gasteiger partial charge in [0.2, 0.25) is 0 Å². The Kier molecular flexibility index (Phi) is 2.95. The Hall–Kier alpha value is -2.69. The second-order valence-electron chi connectivity index (χ2n) is 4.38. The summed E-state index contributed by atoms with van der Waals surface area (Å²) in [7, 11) is 0. The molecule has 0 aliphatic rings. The molecule has 1 amide bonds. The van der Waals surface area contributed by atoms with Gasteiger partial charge >= 0.3 is 0 Å². The van der Waals surface area contributed by atoms with E-state index in [1.54, 1.807) is 30.3 Å². The lowest BCUT2D eigenvalue weighted by Crippen LogP contribution is -2.11. The summed E-state index contributed by atoms with van der Waals surface area (Å²) in [5, 5.41) is 2.47. The Balaban J connectivity index is 1.91. The van der Waals surface area contributed by atoms with Crippen LogP contribution < -0.4 is 5.32 Å². The van der Waals surface area contributed by atoms with E-state index in [1.807, 2.05) is 6.92 Å². The Bertz CT molecular complexity index is 795. The highest BCUT2D eigenvalue weighted by molar-refractivity contribution is 6.04. The maximum absolute atomic E-state index is 13.5. The van der Waals surface area contributed by atoms with Crippen LogP contribution in [0.2, 0.25) is 0 Å². The second-order valence-corrected chi connectivity index (χ2v) is 4.38. The van der Waals surface area contributed by atoms with Gasteiger partial charge in [-0.05, 0) is 31.2 Å². The first-order valence-corrected chi connectivity index (χ1v) is 6.06. The zero-order valence-corrected chi connectivity index (χ0v) is 10.7. The van der Waals surface area contributed by atoms with E-state index in [0.717, 1.165) is 5.69 Å². The minimum Gasteiger partial charge on any atom is -0.449 e. The first-order chi connectivity index (χ1) is 9.63. The number of hydrogen-bond donors (Lipinski definition) is 1. The molecular weight excluding hydrogens is 259 g/mol. The number of halogens is 1. The maximum Gasteiger partial charge on any atom is 0.291 e. The molecular formula is C15H11FN2O2. The number of benzene rings is 1. The van der Waals surface area contributed by atoms with Crippen LogP contribution in [0.1, 0.15) is 16.2 Å². The number of anilines is 1. The molecule has 0 atom stereocenters. The SMILES string of the molecule is Cc1ccc2oc(C(=O)Nc3ccccc3F)cc2n1. The van der Waals surface area contributed by atoms with Gasteiger partial charge in [0.25, 0.3) is 5.91 Å². The summed E-state index contributed by atoms with van der Waals surface area (Å²) in [6, 6.07) is 11.0. The monoisotopic (exact) mass is 270 g/mol. The van der Waals surface area contributed by atoms with E-state index in [-0.39, 0.29) is 11.4 Å². The summed E-state index contributed by atoms with van der Waals surface area (Å²) in [5.74, 6) is -0.905. The van der Waals surface area contributed by atoms with Crippen LogP contribution in [0.25, 0.3) is 11.1 Å². The van der Waals surface area contributed by atoms with Crippen molar-refractivity contribution in [3.63, 3.8) is 0 Å². The van der Waals surface area contributed by atoms with E-state index in [2.05, 4.69) is 10.3 Å². The number of carbonyl (C=O) groups excluding carboxylic acids is 1. The highest BCUT2D eigenvalue weighted by Crippen LogP contribution is 2.20. The predicted molar refractivity (Wildman–Crippen MR) is 73.1 cm³/mol. The summed E-state index contributed by atoms with van der Waals surface area (Å²) in [6.45, 7) is 1.85. The van der Waals surface area contributed by atoms with Crippen LogP contribution in [0.3, 0.4) is 0 Å². The van der Waals surface area contributed by atoms with E-state index >= 15 is 0 Å². The Labute approximate surface area is 114 Å². The number of rotatable bonds is 2. The third-order valence-corrected chi connectivity index (χ3v) is 2.86. The number of furan rings is 1. The molecule has 0 radical (unpaired) electrons. The van der Waals surface area contributed by atoms with Crippen LogP contribution in [0.4, 0.5) is 10.1 Å². The molecule has 0 saturated heterocycles. The molecule has 2 aromatic heterocycles. The number of aromatic nitrogens is 1. The van der Waals surface area contributed by atoms with Crippen LogP contribution in [0.15, 0.2) is 46.9 Å². The molecule has 0 unspecified atom stereocenters. The molecule has 0 fully saturated rings. The van der Waals surface area contributed by atoms with Crippen molar-refractivity contribution in [2.24, 2.45) is 0 Å². The number of hydrogen-bond acceptors (Lipinski definition) is 3. The average molecular weight is 270 g/mol. The minimum absolute atomic E-state index is 0.0985. The number of aryl methyl sites for hydroxylation is 1. The van der Waals surface area contributed by atoms with E-state index < -0.39 is 11.7 Å². The molecule has 2 heterocycles. The summed E-state index contributed by atoms with van der Waals surface area (Å²) in [6.07, 6.45) is 0. The molecule has 4 nitrogen and oxygen atoms in total. The van der Waals surface area contributed by atoms with Gasteiger partial charge in [0, 0.05) is 11.8 Å². The normalized spacial score (nSPS) is 10.7. The number of pyridine rings is 1. The third-order valence-electron chi connectivity index (χ3n) is 2.86. The maximum atomic E-state index is 13.5. The van der Waals surface area contributed by atoms with E-state index in [9.17, 15) is 9.18 Å². The fraction of sp³-hybridized carbons (Fsp3) is 0.0667. The molecule has 3 aromatic rings. The molecule has 1 aromatic carbocycles. The zero-order valence-electron chi connectivity index (χ0n) is 10.7. The van der Waals surface area contributed by atoms with Gasteiger partial charge in [-0.15, -0.1) is 0 Å². The Morgan fingerprint density at radius 2 is 2.05 bits per heavy atom. The highest BCUT2D eigenvalue weighted by Gasteiger charge is 2.14. The van der Waals surface area contributed by atoms with Crippen LogP contribution >= 0.6 is 0 Å². The van der Waals surface area contributed by atoms with Crippen LogP contribution in [0.5, 0.6) is 0 Å². The number of para-hydroxylation sites is 1. The number of nitrogens with zero attached hydrogens (tertiary/aromatic N) is 1. The largest absolute Gasteiger partial charge is 0.449 e. The fourth-order valence-electron chi connectivity index (χ4n) is 1.88. The van der Waals surface area contributed by atoms with E-state index in [0.29, 0.717) is 11.1 Å². The van der Waals surface area contributed by atoms with Gasteiger partial charge in [-0.3, -0.25) is 4.79 Å². The van der Waals surface area contributed by atoms with Crippen molar-refractivity contribution >= 4 is 22.7 Å². The standard InChI is InChI=1S/C15H11FN2O2/c1-9-6-7-13-12(17-9)8-14(20-13)15(19)18-11-5-3-2-4-10(11)16/h2-8H,1H3,(H,18,19). The molecule has 0 aliphatic carbocycles. The van der Waals surface area contributed by atoms with Gasteiger partial charge in [-0.1, -0.05) is 12.1 Å². The lowest BCUT2D eigenvalue weighted by atomic mass is 10.3. The van der Waals surface area contributed by atoms with Gasteiger partial charge < -0.3 is 9.73 Å². The number of fused-ring (bicyclic) bond motifs is 1. The van der Waals surface area contributed by atoms with Crippen molar-refractivity contribution in [1.82, 2.24) is 4.98 Å². The van der Waals surface area contributed by atoms with E-state index in [1.165, 1.54) is 12.1 Å². The number of carbonyl (C=O) groups is 1. The first kappa shape index (κ1) is 12.3. The molecule has 0 bridgehead atoms. The van der Waals surface area contributed by atoms with Crippen molar-refractivity contribution in [3.8, 4) is 0 Å². The van der Waals surface area contributed by atoms with Crippen molar-refractivity contribution in [2.45, 2.75) is 6.92 Å². The van der Waals surface area contributed by atoms with Crippen molar-refractivity contribution in [2.75, 3.05) is 5.32 Å². The molecule has 100 valence electrons. The fourth-order valence-corrected chi connectivity index (χ4v) is 1.88. The van der Waals surface area contributed by atoms with Crippen LogP contribution in [-0.4, -0.2) is 10.9 Å². The highest BCUT2D eigenvalue weighted by atomic mass is 19.1. The lowest BCUT2D eigenvalue weighted by molar-refractivity contribution is 0.0998. The van der Waals surface area contributed by atoms with Gasteiger partial charge in [0.1, 0.15) is 11.3 Å². The summed E-state index contributed by atoms with van der Waals surface area (Å²) in [4.78, 5) is 16.3. The van der Waals surface area contributed by atoms with Gasteiger partial charge in [0.05, 0.1) is 5.69 Å². The topological polar surface area (TPSA) is 55.1 Å². The summed E-state index contributed by atoms with van der Waals surface area (Å²) in [5.41, 5.74) is 2.07. The smallest absolute Gasteiger partial charge is 0.291 e. The molecule has 0 aliphatic heterocycles. The quantitative estimate of drug-likeness (QED) is 0.775. The molecule has 0 saturated carbocycles. The van der Waals surface area contributed by atoms with Crippen molar-refractivity contribution in [3.05, 3.63) is 59.7 Å². The Morgan fingerprint density at radius 1 is 1.25 bits per heavy atom. The van der Waals surface area contributed by atoms with Crippen LogP contribution in [-0.2, 0) is 0 Å².